The van der Waals surface area contributed by atoms with Gasteiger partial charge in [0.25, 0.3) is 0 Å². The summed E-state index contributed by atoms with van der Waals surface area (Å²) in [5, 5.41) is 0. The zero-order valence-corrected chi connectivity index (χ0v) is 10.5. The second-order valence-electron chi connectivity index (χ2n) is 4.24. The van der Waals surface area contributed by atoms with Crippen molar-refractivity contribution in [3.05, 3.63) is 51.7 Å². The Bertz CT molecular complexity index is 550. The molecule has 0 bridgehead atoms. The molecular formula is C14H17NO2. The van der Waals surface area contributed by atoms with Crippen LogP contribution in [-0.4, -0.2) is 11.7 Å². The topological polar surface area (TPSA) is 31.2 Å². The van der Waals surface area contributed by atoms with Crippen molar-refractivity contribution < 1.29 is 4.74 Å². The van der Waals surface area contributed by atoms with E-state index < -0.39 is 0 Å². The molecule has 0 aliphatic heterocycles. The number of ether oxygens (including phenoxy) is 1. The molecule has 0 amide bonds. The van der Waals surface area contributed by atoms with E-state index >= 15 is 0 Å². The normalized spacial score (nSPS) is 15.2. The van der Waals surface area contributed by atoms with Crippen LogP contribution in [0.3, 0.4) is 0 Å². The van der Waals surface area contributed by atoms with Crippen molar-refractivity contribution in [1.82, 2.24) is 4.57 Å². The van der Waals surface area contributed by atoms with Crippen LogP contribution in [0, 0.1) is 13.8 Å². The van der Waals surface area contributed by atoms with Gasteiger partial charge in [-0.1, -0.05) is 6.08 Å². The van der Waals surface area contributed by atoms with Crippen LogP contribution >= 0.6 is 0 Å². The van der Waals surface area contributed by atoms with Gasteiger partial charge >= 0.3 is 0 Å². The van der Waals surface area contributed by atoms with E-state index in [9.17, 15) is 4.79 Å². The zero-order chi connectivity index (χ0) is 12.4. The van der Waals surface area contributed by atoms with E-state index in [0.717, 1.165) is 35.6 Å². The first-order valence-electron chi connectivity index (χ1n) is 5.77. The highest BCUT2D eigenvalue weighted by molar-refractivity contribution is 5.60. The maximum Gasteiger partial charge on any atom is 0.184 e. The van der Waals surface area contributed by atoms with E-state index in [2.05, 4.69) is 6.08 Å². The lowest BCUT2D eigenvalue weighted by Crippen LogP contribution is -2.13. The quantitative estimate of drug-likeness (QED) is 0.783. The van der Waals surface area contributed by atoms with Gasteiger partial charge in [0, 0.05) is 35.6 Å². The summed E-state index contributed by atoms with van der Waals surface area (Å²) in [6.45, 7) is 3.82. The summed E-state index contributed by atoms with van der Waals surface area (Å²) in [6.07, 6.45) is 7.93. The molecule has 0 N–H and O–H groups in total. The van der Waals surface area contributed by atoms with Crippen molar-refractivity contribution in [3.63, 3.8) is 0 Å². The van der Waals surface area contributed by atoms with Crippen molar-refractivity contribution in [2.45, 2.75) is 26.7 Å². The second-order valence-corrected chi connectivity index (χ2v) is 4.24. The molecule has 1 heterocycles. The van der Waals surface area contributed by atoms with Crippen LogP contribution in [0.25, 0.3) is 5.70 Å². The molecular weight excluding hydrogens is 214 g/mol. The van der Waals surface area contributed by atoms with Crippen LogP contribution in [0.1, 0.15) is 24.1 Å². The third kappa shape index (κ3) is 2.18. The fourth-order valence-electron chi connectivity index (χ4n) is 2.00. The van der Waals surface area contributed by atoms with Crippen molar-refractivity contribution in [3.8, 4) is 0 Å². The first kappa shape index (κ1) is 11.7. The Kier molecular flexibility index (Phi) is 3.18. The Balaban J connectivity index is 2.49. The standard InChI is InChI=1S/C14H17NO2/c1-10-11(2)15(8-7-14(10)16)12-5-4-6-13(9-12)17-3/h5,7-9H,4,6H2,1-3H3. The average Bonchev–Trinajstić information content (AvgIpc) is 2.36. The van der Waals surface area contributed by atoms with E-state index in [0.29, 0.717) is 0 Å². The Morgan fingerprint density at radius 3 is 2.82 bits per heavy atom. The average molecular weight is 231 g/mol. The van der Waals surface area contributed by atoms with E-state index in [4.69, 9.17) is 4.74 Å². The number of rotatable bonds is 2. The first-order valence-corrected chi connectivity index (χ1v) is 5.77. The minimum absolute atomic E-state index is 0.0890. The first-order chi connectivity index (χ1) is 8.13. The third-order valence-electron chi connectivity index (χ3n) is 3.24. The minimum Gasteiger partial charge on any atom is -0.501 e. The van der Waals surface area contributed by atoms with Crippen molar-refractivity contribution in [1.29, 1.82) is 0 Å². The lowest BCUT2D eigenvalue weighted by Gasteiger charge is -2.18. The molecule has 1 aromatic heterocycles. The van der Waals surface area contributed by atoms with Crippen molar-refractivity contribution in [2.75, 3.05) is 7.11 Å². The number of methoxy groups -OCH3 is 1. The number of aromatic nitrogens is 1. The van der Waals surface area contributed by atoms with Gasteiger partial charge in [0.2, 0.25) is 0 Å². The smallest absolute Gasteiger partial charge is 0.184 e. The molecule has 17 heavy (non-hydrogen) atoms. The molecule has 0 spiro atoms. The molecule has 0 atom stereocenters. The fourth-order valence-corrected chi connectivity index (χ4v) is 2.00. The number of nitrogens with zero attached hydrogens (tertiary/aromatic N) is 1. The van der Waals surface area contributed by atoms with Crippen molar-refractivity contribution >= 4 is 5.70 Å². The molecule has 0 unspecified atom stereocenters. The highest BCUT2D eigenvalue weighted by Gasteiger charge is 2.09. The summed E-state index contributed by atoms with van der Waals surface area (Å²) >= 11 is 0. The lowest BCUT2D eigenvalue weighted by molar-refractivity contribution is 0.277. The maximum absolute atomic E-state index is 11.5. The largest absolute Gasteiger partial charge is 0.501 e. The molecule has 3 nitrogen and oxygen atoms in total. The summed E-state index contributed by atoms with van der Waals surface area (Å²) < 4.78 is 7.32. The van der Waals surface area contributed by atoms with Crippen LogP contribution in [0.4, 0.5) is 0 Å². The van der Waals surface area contributed by atoms with Crippen LogP contribution in [0.5, 0.6) is 0 Å². The highest BCUT2D eigenvalue weighted by Crippen LogP contribution is 2.22. The Hall–Kier alpha value is -1.77. The van der Waals surface area contributed by atoms with E-state index in [-0.39, 0.29) is 5.43 Å². The molecule has 0 fully saturated rings. The molecule has 0 radical (unpaired) electrons. The molecule has 90 valence electrons. The van der Waals surface area contributed by atoms with Gasteiger partial charge in [-0.05, 0) is 26.3 Å². The van der Waals surface area contributed by atoms with Gasteiger partial charge in [0.1, 0.15) is 0 Å². The summed E-state index contributed by atoms with van der Waals surface area (Å²) in [5.41, 5.74) is 2.95. The van der Waals surface area contributed by atoms with Crippen LogP contribution < -0.4 is 5.43 Å². The van der Waals surface area contributed by atoms with E-state index in [1.165, 1.54) is 0 Å². The summed E-state index contributed by atoms with van der Waals surface area (Å²) in [4.78, 5) is 11.5. The van der Waals surface area contributed by atoms with Gasteiger partial charge in [0.05, 0.1) is 12.9 Å². The summed E-state index contributed by atoms with van der Waals surface area (Å²) in [6, 6.07) is 1.61. The van der Waals surface area contributed by atoms with Gasteiger partial charge < -0.3 is 9.30 Å². The Labute approximate surface area is 101 Å². The van der Waals surface area contributed by atoms with E-state index in [1.807, 2.05) is 30.7 Å². The monoisotopic (exact) mass is 231 g/mol. The zero-order valence-electron chi connectivity index (χ0n) is 10.5. The predicted molar refractivity (Wildman–Crippen MR) is 68.8 cm³/mol. The van der Waals surface area contributed by atoms with Gasteiger partial charge in [-0.2, -0.15) is 0 Å². The molecule has 1 aromatic rings. The maximum atomic E-state index is 11.5. The van der Waals surface area contributed by atoms with E-state index in [1.54, 1.807) is 13.2 Å². The van der Waals surface area contributed by atoms with Crippen molar-refractivity contribution in [2.24, 2.45) is 0 Å². The SMILES string of the molecule is COC1=CC(n2ccc(=O)c(C)c2C)=CCC1. The van der Waals surface area contributed by atoms with Crippen LogP contribution in [-0.2, 0) is 4.74 Å². The predicted octanol–water partition coefficient (Wildman–Crippen LogP) is 2.63. The minimum atomic E-state index is 0.0890. The Morgan fingerprint density at radius 1 is 1.35 bits per heavy atom. The Morgan fingerprint density at radius 2 is 2.12 bits per heavy atom. The number of hydrogen-bond donors (Lipinski definition) is 0. The van der Waals surface area contributed by atoms with Crippen LogP contribution in [0.15, 0.2) is 35.0 Å². The molecule has 1 aliphatic rings. The third-order valence-corrected chi connectivity index (χ3v) is 3.24. The molecule has 2 rings (SSSR count). The summed E-state index contributed by atoms with van der Waals surface area (Å²) in [5.74, 6) is 0.984. The van der Waals surface area contributed by atoms with Gasteiger partial charge in [-0.15, -0.1) is 0 Å². The fraction of sp³-hybridized carbons (Fsp3) is 0.357. The summed E-state index contributed by atoms with van der Waals surface area (Å²) in [7, 11) is 1.69. The molecule has 0 saturated carbocycles. The molecule has 0 saturated heterocycles. The second kappa shape index (κ2) is 4.62. The lowest BCUT2D eigenvalue weighted by atomic mass is 10.1. The van der Waals surface area contributed by atoms with Gasteiger partial charge in [-0.25, -0.2) is 0 Å². The van der Waals surface area contributed by atoms with Gasteiger partial charge in [0.15, 0.2) is 5.43 Å². The van der Waals surface area contributed by atoms with Crippen LogP contribution in [0.2, 0.25) is 0 Å². The molecule has 1 aliphatic carbocycles. The number of pyridine rings is 1. The molecule has 0 aromatic carbocycles. The molecule has 3 heteroatoms. The number of hydrogen-bond acceptors (Lipinski definition) is 2. The highest BCUT2D eigenvalue weighted by atomic mass is 16.5. The van der Waals surface area contributed by atoms with Gasteiger partial charge in [-0.3, -0.25) is 4.79 Å². The number of allylic oxidation sites excluding steroid dienone is 4.